The van der Waals surface area contributed by atoms with Crippen LogP contribution in [0.15, 0.2) is 28.3 Å². The van der Waals surface area contributed by atoms with E-state index in [4.69, 9.17) is 37.3 Å². The number of anilines is 2. The van der Waals surface area contributed by atoms with Gasteiger partial charge in [0.25, 0.3) is 0 Å². The van der Waals surface area contributed by atoms with Gasteiger partial charge in [-0.3, -0.25) is 0 Å². The predicted molar refractivity (Wildman–Crippen MR) is 149 cm³/mol. The molecule has 0 bridgehead atoms. The quantitative estimate of drug-likeness (QED) is 0.330. The molecule has 9 nitrogen and oxygen atoms in total. The van der Waals surface area contributed by atoms with Gasteiger partial charge in [0.2, 0.25) is 0 Å². The minimum absolute atomic E-state index is 0.142. The summed E-state index contributed by atoms with van der Waals surface area (Å²) in [6, 6.07) is 7.07. The molecule has 11 heteroatoms. The smallest absolute Gasteiger partial charge is 0.196 e. The maximum absolute atomic E-state index is 6.77. The molecular weight excluding hydrogens is 506 g/mol. The second-order valence-corrected chi connectivity index (χ2v) is 11.8. The fraction of sp³-hybridized carbons (Fsp3) is 0.462. The molecule has 3 atom stereocenters. The highest BCUT2D eigenvalue weighted by Gasteiger charge is 2.40. The van der Waals surface area contributed by atoms with E-state index in [0.29, 0.717) is 22.1 Å². The number of aromatic amines is 1. The van der Waals surface area contributed by atoms with E-state index in [9.17, 15) is 0 Å². The average molecular weight is 536 g/mol. The second kappa shape index (κ2) is 8.97. The van der Waals surface area contributed by atoms with Crippen LogP contribution < -0.4 is 20.9 Å². The molecule has 2 unspecified atom stereocenters. The van der Waals surface area contributed by atoms with Crippen LogP contribution in [0.3, 0.4) is 0 Å². The first-order chi connectivity index (χ1) is 18.0. The van der Waals surface area contributed by atoms with Crippen molar-refractivity contribution in [2.75, 3.05) is 42.5 Å². The van der Waals surface area contributed by atoms with Crippen molar-refractivity contribution in [2.45, 2.75) is 48.8 Å². The maximum atomic E-state index is 6.77. The number of nitrogens with zero attached hydrogens (tertiary/aromatic N) is 6. The van der Waals surface area contributed by atoms with Crippen LogP contribution in [-0.4, -0.2) is 69.7 Å². The number of fused-ring (bicyclic) bond motifs is 3. The number of halogens is 1. The van der Waals surface area contributed by atoms with Gasteiger partial charge < -0.3 is 25.8 Å². The number of nitrogens with one attached hydrogen (secondary N) is 2. The van der Waals surface area contributed by atoms with Crippen LogP contribution in [0.2, 0.25) is 5.02 Å². The molecule has 0 spiro atoms. The Kier molecular flexibility index (Phi) is 5.69. The van der Waals surface area contributed by atoms with E-state index in [1.54, 1.807) is 11.8 Å². The van der Waals surface area contributed by atoms with Crippen LogP contribution >= 0.6 is 23.4 Å². The summed E-state index contributed by atoms with van der Waals surface area (Å²) in [6.07, 6.45) is 1.74. The van der Waals surface area contributed by atoms with E-state index in [1.165, 1.54) is 0 Å². The molecule has 4 N–H and O–H groups in total. The zero-order valence-electron chi connectivity index (χ0n) is 21.0. The maximum Gasteiger partial charge on any atom is 0.196 e. The highest BCUT2D eigenvalue weighted by Crippen LogP contribution is 2.39. The number of hydrogen-bond donors (Lipinski definition) is 3. The monoisotopic (exact) mass is 535 g/mol. The summed E-state index contributed by atoms with van der Waals surface area (Å²) >= 11 is 8.33. The third-order valence-electron chi connectivity index (χ3n) is 7.85. The highest BCUT2D eigenvalue weighted by molar-refractivity contribution is 7.99. The van der Waals surface area contributed by atoms with Crippen molar-refractivity contribution >= 4 is 56.9 Å². The lowest BCUT2D eigenvalue weighted by Crippen LogP contribution is -2.51. The topological polar surface area (TPSA) is 112 Å². The van der Waals surface area contributed by atoms with Crippen molar-refractivity contribution in [1.29, 1.82) is 0 Å². The molecule has 0 aliphatic carbocycles. The van der Waals surface area contributed by atoms with E-state index in [2.05, 4.69) is 45.2 Å². The number of H-pyrrole nitrogens is 1. The molecule has 3 aliphatic heterocycles. The Hall–Kier alpha value is -2.66. The van der Waals surface area contributed by atoms with Crippen molar-refractivity contribution in [3.63, 3.8) is 0 Å². The van der Waals surface area contributed by atoms with Crippen molar-refractivity contribution in [3.05, 3.63) is 34.7 Å². The van der Waals surface area contributed by atoms with Crippen LogP contribution in [0, 0.1) is 12.8 Å². The fourth-order valence-electron chi connectivity index (χ4n) is 5.81. The minimum Gasteiger partial charge on any atom is -0.354 e. The molecule has 7 rings (SSSR count). The summed E-state index contributed by atoms with van der Waals surface area (Å²) in [6.45, 7) is 8.80. The summed E-state index contributed by atoms with van der Waals surface area (Å²) in [5.74, 6) is 3.39. The Bertz CT molecular complexity index is 1510. The fourth-order valence-corrected chi connectivity index (χ4v) is 6.95. The summed E-state index contributed by atoms with van der Waals surface area (Å²) in [5, 5.41) is 6.89. The molecule has 3 fully saturated rings. The van der Waals surface area contributed by atoms with Crippen molar-refractivity contribution in [3.8, 4) is 0 Å². The van der Waals surface area contributed by atoms with Gasteiger partial charge in [-0.2, -0.15) is 0 Å². The second-order valence-electron chi connectivity index (χ2n) is 10.4. The molecule has 3 aromatic heterocycles. The molecule has 0 radical (unpaired) electrons. The zero-order valence-corrected chi connectivity index (χ0v) is 22.5. The molecule has 37 heavy (non-hydrogen) atoms. The van der Waals surface area contributed by atoms with Crippen LogP contribution in [0.25, 0.3) is 21.9 Å². The predicted octanol–water partition coefficient (Wildman–Crippen LogP) is 3.52. The van der Waals surface area contributed by atoms with Gasteiger partial charge in [0, 0.05) is 66.7 Å². The number of benzene rings is 1. The van der Waals surface area contributed by atoms with Crippen LogP contribution in [0.4, 0.5) is 11.6 Å². The van der Waals surface area contributed by atoms with Gasteiger partial charge in [0.1, 0.15) is 23.1 Å². The molecule has 3 aliphatic rings. The van der Waals surface area contributed by atoms with E-state index in [0.717, 1.165) is 95.6 Å². The SMILES string of the molecule is CCc1[nH]c2nc(Sc3ccc4nc(C)nc(N5CC6CNC6C5)c4c3)nc(N3CC[C@@H](N)C3)c2c1Cl. The van der Waals surface area contributed by atoms with E-state index in [-0.39, 0.29) is 6.04 Å². The largest absolute Gasteiger partial charge is 0.354 e. The third kappa shape index (κ3) is 4.01. The van der Waals surface area contributed by atoms with E-state index in [1.807, 2.05) is 6.92 Å². The lowest BCUT2D eigenvalue weighted by molar-refractivity contribution is 0.297. The lowest BCUT2D eigenvalue weighted by atomic mass is 9.96. The summed E-state index contributed by atoms with van der Waals surface area (Å²) < 4.78 is 0. The summed E-state index contributed by atoms with van der Waals surface area (Å²) in [5.41, 5.74) is 8.96. The van der Waals surface area contributed by atoms with E-state index < -0.39 is 0 Å². The Morgan fingerprint density at radius 2 is 2.00 bits per heavy atom. The van der Waals surface area contributed by atoms with Crippen LogP contribution in [-0.2, 0) is 6.42 Å². The Labute approximate surface area is 224 Å². The summed E-state index contributed by atoms with van der Waals surface area (Å²) in [4.78, 5) is 28.6. The average Bonchev–Trinajstić information content (AvgIpc) is 3.53. The number of aryl methyl sites for hydroxylation is 2. The Balaban J connectivity index is 1.28. The molecule has 192 valence electrons. The molecule has 3 saturated heterocycles. The van der Waals surface area contributed by atoms with Crippen LogP contribution in [0.1, 0.15) is 24.9 Å². The highest BCUT2D eigenvalue weighted by atomic mass is 35.5. The van der Waals surface area contributed by atoms with Crippen molar-refractivity contribution in [1.82, 2.24) is 30.2 Å². The minimum atomic E-state index is 0.142. The zero-order chi connectivity index (χ0) is 25.3. The Morgan fingerprint density at radius 1 is 1.11 bits per heavy atom. The van der Waals surface area contributed by atoms with Gasteiger partial charge in [-0.25, -0.2) is 19.9 Å². The van der Waals surface area contributed by atoms with Gasteiger partial charge in [0.05, 0.1) is 15.9 Å². The summed E-state index contributed by atoms with van der Waals surface area (Å²) in [7, 11) is 0. The molecule has 4 aromatic rings. The van der Waals surface area contributed by atoms with Gasteiger partial charge >= 0.3 is 0 Å². The normalized spacial score (nSPS) is 23.3. The molecule has 0 amide bonds. The first-order valence-corrected chi connectivity index (χ1v) is 14.2. The molecule has 6 heterocycles. The van der Waals surface area contributed by atoms with Crippen molar-refractivity contribution < 1.29 is 0 Å². The number of nitrogens with two attached hydrogens (primary N) is 1. The Morgan fingerprint density at radius 3 is 2.70 bits per heavy atom. The molecule has 0 saturated carbocycles. The van der Waals surface area contributed by atoms with Gasteiger partial charge in [-0.15, -0.1) is 0 Å². The number of aromatic nitrogens is 5. The number of hydrogen-bond acceptors (Lipinski definition) is 9. The molecule has 1 aromatic carbocycles. The molecular formula is C26H30ClN9S. The first-order valence-electron chi connectivity index (χ1n) is 13.0. The first kappa shape index (κ1) is 23.5. The van der Waals surface area contributed by atoms with Gasteiger partial charge in [-0.05, 0) is 49.7 Å². The standard InChI is InChI=1S/C26H30ClN9S/c1-3-18-22(27)21-23(32-18)33-26(34-25(21)35-7-6-15(28)11-35)37-16-4-5-19-17(8-16)24(31-13(2)30-19)36-10-14-9-29-20(14)12-36/h4-5,8,14-15,20,29H,3,6-7,9-12,28H2,1-2H3,(H,32,33,34)/t14?,15-,20?/m1/s1. The van der Waals surface area contributed by atoms with E-state index >= 15 is 0 Å². The number of rotatable bonds is 5. The lowest BCUT2D eigenvalue weighted by Gasteiger charge is -2.29. The third-order valence-corrected chi connectivity index (χ3v) is 9.12. The van der Waals surface area contributed by atoms with Crippen molar-refractivity contribution in [2.24, 2.45) is 11.7 Å². The van der Waals surface area contributed by atoms with Crippen LogP contribution in [0.5, 0.6) is 0 Å². The van der Waals surface area contributed by atoms with Gasteiger partial charge in [0.15, 0.2) is 5.16 Å². The van der Waals surface area contributed by atoms with Gasteiger partial charge in [-0.1, -0.05) is 18.5 Å².